The Morgan fingerprint density at radius 2 is 2.12 bits per heavy atom. The van der Waals surface area contributed by atoms with Crippen LogP contribution in [0, 0.1) is 23.2 Å². The summed E-state index contributed by atoms with van der Waals surface area (Å²) in [4.78, 5) is 25.2. The summed E-state index contributed by atoms with van der Waals surface area (Å²) < 4.78 is 4.63. The lowest BCUT2D eigenvalue weighted by Gasteiger charge is -2.21. The van der Waals surface area contributed by atoms with Crippen molar-refractivity contribution in [1.29, 1.82) is 5.26 Å². The van der Waals surface area contributed by atoms with E-state index in [-0.39, 0.29) is 23.7 Å². The van der Waals surface area contributed by atoms with Gasteiger partial charge in [-0.2, -0.15) is 5.26 Å². The normalized spacial score (nSPS) is 25.9. The van der Waals surface area contributed by atoms with Crippen LogP contribution in [0.1, 0.15) is 25.7 Å². The molecule has 2 atom stereocenters. The molecule has 2 aliphatic rings. The Kier molecular flexibility index (Phi) is 3.32. The molecule has 2 rings (SSSR count). The molecule has 0 unspecified atom stereocenters. The Morgan fingerprint density at radius 3 is 2.65 bits per heavy atom. The number of hydrogen-bond acceptors (Lipinski definition) is 4. The molecule has 1 amide bonds. The molecule has 5 heteroatoms. The fraction of sp³-hybridized carbons (Fsp3) is 0.750. The van der Waals surface area contributed by atoms with Gasteiger partial charge in [0.05, 0.1) is 31.4 Å². The first-order chi connectivity index (χ1) is 8.19. The molecular formula is C12H16N2O3. The van der Waals surface area contributed by atoms with E-state index >= 15 is 0 Å². The van der Waals surface area contributed by atoms with Crippen LogP contribution in [0.15, 0.2) is 0 Å². The zero-order chi connectivity index (χ0) is 12.4. The predicted molar refractivity (Wildman–Crippen MR) is 58.6 cm³/mol. The van der Waals surface area contributed by atoms with Crippen LogP contribution in [0.4, 0.5) is 0 Å². The molecule has 17 heavy (non-hydrogen) atoms. The minimum absolute atomic E-state index is 0.0261. The lowest BCUT2D eigenvalue weighted by molar-refractivity contribution is -0.145. The molecule has 0 aromatic rings. The summed E-state index contributed by atoms with van der Waals surface area (Å²) in [5, 5.41) is 8.57. The third-order valence-electron chi connectivity index (χ3n) is 3.35. The van der Waals surface area contributed by atoms with Gasteiger partial charge in [0.2, 0.25) is 5.91 Å². The molecule has 0 bridgehead atoms. The van der Waals surface area contributed by atoms with Crippen LogP contribution in [-0.4, -0.2) is 36.5 Å². The molecule has 2 saturated carbocycles. The largest absolute Gasteiger partial charge is 0.469 e. The van der Waals surface area contributed by atoms with Gasteiger partial charge in [-0.05, 0) is 19.3 Å². The minimum atomic E-state index is -0.292. The molecule has 0 spiro atoms. The van der Waals surface area contributed by atoms with Gasteiger partial charge in [-0.1, -0.05) is 0 Å². The van der Waals surface area contributed by atoms with Gasteiger partial charge in [0.1, 0.15) is 0 Å². The first-order valence-corrected chi connectivity index (χ1v) is 5.94. The zero-order valence-corrected chi connectivity index (χ0v) is 9.89. The highest BCUT2D eigenvalue weighted by atomic mass is 16.5. The van der Waals surface area contributed by atoms with Gasteiger partial charge < -0.3 is 9.64 Å². The molecule has 0 radical (unpaired) electrons. The van der Waals surface area contributed by atoms with Gasteiger partial charge in [0.25, 0.3) is 0 Å². The third-order valence-corrected chi connectivity index (χ3v) is 3.35. The average Bonchev–Trinajstić information content (AvgIpc) is 3.18. The lowest BCUT2D eigenvalue weighted by atomic mass is 10.2. The van der Waals surface area contributed by atoms with Crippen molar-refractivity contribution in [3.8, 4) is 6.07 Å². The third kappa shape index (κ3) is 2.57. The minimum Gasteiger partial charge on any atom is -0.469 e. The van der Waals surface area contributed by atoms with Crippen LogP contribution in [0.25, 0.3) is 0 Å². The molecule has 5 nitrogen and oxygen atoms in total. The summed E-state index contributed by atoms with van der Waals surface area (Å²) in [7, 11) is 1.34. The molecule has 0 N–H and O–H groups in total. The van der Waals surface area contributed by atoms with Gasteiger partial charge in [-0.25, -0.2) is 0 Å². The van der Waals surface area contributed by atoms with Crippen LogP contribution >= 0.6 is 0 Å². The van der Waals surface area contributed by atoms with Gasteiger partial charge in [-0.3, -0.25) is 9.59 Å². The van der Waals surface area contributed by atoms with Crippen molar-refractivity contribution in [3.05, 3.63) is 0 Å². The molecule has 0 aliphatic heterocycles. The lowest BCUT2D eigenvalue weighted by Crippen LogP contribution is -2.35. The summed E-state index contributed by atoms with van der Waals surface area (Å²) in [5.41, 5.74) is 0. The molecule has 0 saturated heterocycles. The Balaban J connectivity index is 1.90. The van der Waals surface area contributed by atoms with E-state index in [4.69, 9.17) is 5.26 Å². The smallest absolute Gasteiger partial charge is 0.309 e. The van der Waals surface area contributed by atoms with Gasteiger partial charge in [-0.15, -0.1) is 0 Å². The summed E-state index contributed by atoms with van der Waals surface area (Å²) in [6.07, 6.45) is 3.00. The number of carbonyl (C=O) groups is 2. The van der Waals surface area contributed by atoms with Gasteiger partial charge in [0.15, 0.2) is 0 Å². The first kappa shape index (κ1) is 11.9. The van der Waals surface area contributed by atoms with Gasteiger partial charge in [0, 0.05) is 12.6 Å². The maximum absolute atomic E-state index is 12.1. The summed E-state index contributed by atoms with van der Waals surface area (Å²) >= 11 is 0. The number of carbonyl (C=O) groups excluding carboxylic acids is 2. The highest BCUT2D eigenvalue weighted by molar-refractivity contribution is 5.90. The van der Waals surface area contributed by atoms with Crippen molar-refractivity contribution in [2.24, 2.45) is 11.8 Å². The fourth-order valence-electron chi connectivity index (χ4n) is 2.12. The molecule has 2 aliphatic carbocycles. The quantitative estimate of drug-likeness (QED) is 0.659. The van der Waals surface area contributed by atoms with E-state index in [1.165, 1.54) is 7.11 Å². The molecule has 2 fully saturated rings. The summed E-state index contributed by atoms with van der Waals surface area (Å²) in [6.45, 7) is 0.490. The van der Waals surface area contributed by atoms with Crippen molar-refractivity contribution < 1.29 is 14.3 Å². The number of methoxy groups -OCH3 is 1. The van der Waals surface area contributed by atoms with E-state index in [1.807, 2.05) is 0 Å². The van der Waals surface area contributed by atoms with Crippen LogP contribution in [0.2, 0.25) is 0 Å². The number of rotatable bonds is 5. The summed E-state index contributed by atoms with van der Waals surface area (Å²) in [6, 6.07) is 2.36. The van der Waals surface area contributed by atoms with Crippen LogP contribution in [-0.2, 0) is 14.3 Å². The fourth-order valence-corrected chi connectivity index (χ4v) is 2.12. The van der Waals surface area contributed by atoms with E-state index in [0.29, 0.717) is 25.4 Å². The van der Waals surface area contributed by atoms with Crippen LogP contribution < -0.4 is 0 Å². The predicted octanol–water partition coefficient (Wildman–Crippen LogP) is 0.700. The average molecular weight is 236 g/mol. The Hall–Kier alpha value is -1.57. The molecule has 0 aromatic carbocycles. The molecular weight excluding hydrogens is 220 g/mol. The SMILES string of the molecule is COC(=O)[C@@H]1C[C@@H]1C(=O)N(CCC#N)C1CC1. The van der Waals surface area contributed by atoms with E-state index in [9.17, 15) is 9.59 Å². The second-order valence-corrected chi connectivity index (χ2v) is 4.64. The molecule has 0 aromatic heterocycles. The number of esters is 1. The Bertz CT molecular complexity index is 370. The van der Waals surface area contributed by atoms with Crippen molar-refractivity contribution in [2.45, 2.75) is 31.7 Å². The van der Waals surface area contributed by atoms with E-state index in [1.54, 1.807) is 4.90 Å². The maximum Gasteiger partial charge on any atom is 0.309 e. The van der Waals surface area contributed by atoms with Crippen LogP contribution in [0.3, 0.4) is 0 Å². The molecule has 92 valence electrons. The van der Waals surface area contributed by atoms with Crippen molar-refractivity contribution in [2.75, 3.05) is 13.7 Å². The number of hydrogen-bond donors (Lipinski definition) is 0. The van der Waals surface area contributed by atoms with Crippen LogP contribution in [0.5, 0.6) is 0 Å². The zero-order valence-electron chi connectivity index (χ0n) is 9.89. The van der Waals surface area contributed by atoms with E-state index < -0.39 is 0 Å². The standard InChI is InChI=1S/C12H16N2O3/c1-17-12(16)10-7-9(10)11(15)14(6-2-5-13)8-3-4-8/h8-10H,2-4,6-7H2,1H3/t9-,10+/m0/s1. The number of ether oxygens (including phenoxy) is 1. The topological polar surface area (TPSA) is 70.4 Å². The van der Waals surface area contributed by atoms with Crippen molar-refractivity contribution in [3.63, 3.8) is 0 Å². The highest BCUT2D eigenvalue weighted by Gasteiger charge is 2.51. The molecule has 0 heterocycles. The number of nitrogens with zero attached hydrogens (tertiary/aromatic N) is 2. The second-order valence-electron chi connectivity index (χ2n) is 4.64. The maximum atomic E-state index is 12.1. The second kappa shape index (κ2) is 4.74. The van der Waals surface area contributed by atoms with E-state index in [2.05, 4.69) is 10.8 Å². The number of amides is 1. The monoisotopic (exact) mass is 236 g/mol. The first-order valence-electron chi connectivity index (χ1n) is 5.94. The van der Waals surface area contributed by atoms with Crippen molar-refractivity contribution >= 4 is 11.9 Å². The van der Waals surface area contributed by atoms with Gasteiger partial charge >= 0.3 is 5.97 Å². The number of nitriles is 1. The van der Waals surface area contributed by atoms with Crippen molar-refractivity contribution in [1.82, 2.24) is 4.90 Å². The Morgan fingerprint density at radius 1 is 1.41 bits per heavy atom. The summed E-state index contributed by atoms with van der Waals surface area (Å²) in [5.74, 6) is -0.727. The Labute approximate surface area is 100 Å². The highest BCUT2D eigenvalue weighted by Crippen LogP contribution is 2.42. The van der Waals surface area contributed by atoms with E-state index in [0.717, 1.165) is 12.8 Å².